The Bertz CT molecular complexity index is 927. The normalized spacial score (nSPS) is 10.6. The molecule has 0 radical (unpaired) electrons. The topological polar surface area (TPSA) is 70.4 Å². The van der Waals surface area contributed by atoms with Crippen molar-refractivity contribution in [3.63, 3.8) is 0 Å². The number of ether oxygens (including phenoxy) is 2. The van der Waals surface area contributed by atoms with Gasteiger partial charge < -0.3 is 14.0 Å². The first-order valence-electron chi connectivity index (χ1n) is 8.03. The number of aromatic nitrogens is 2. The van der Waals surface area contributed by atoms with Gasteiger partial charge in [0.2, 0.25) is 11.6 Å². The van der Waals surface area contributed by atoms with Crippen LogP contribution in [0.1, 0.15) is 33.6 Å². The molecule has 0 spiro atoms. The van der Waals surface area contributed by atoms with Crippen LogP contribution in [0.4, 0.5) is 0 Å². The van der Waals surface area contributed by atoms with Gasteiger partial charge in [0.05, 0.1) is 24.3 Å². The predicted octanol–water partition coefficient (Wildman–Crippen LogP) is 3.56. The first-order chi connectivity index (χ1) is 12.6. The number of benzene rings is 1. The second-order valence-electron chi connectivity index (χ2n) is 5.45. The van der Waals surface area contributed by atoms with Gasteiger partial charge in [-0.2, -0.15) is 0 Å². The zero-order valence-corrected chi connectivity index (χ0v) is 15.5. The summed E-state index contributed by atoms with van der Waals surface area (Å²) >= 11 is 1.48. The van der Waals surface area contributed by atoms with Crippen LogP contribution in [-0.2, 0) is 11.8 Å². The highest BCUT2D eigenvalue weighted by molar-refractivity contribution is 7.13. The molecule has 1 aromatic carbocycles. The highest BCUT2D eigenvalue weighted by Crippen LogP contribution is 2.30. The molecule has 6 nitrogen and oxygen atoms in total. The van der Waals surface area contributed by atoms with Gasteiger partial charge in [-0.25, -0.2) is 9.78 Å². The minimum atomic E-state index is -0.554. The van der Waals surface area contributed by atoms with E-state index in [1.807, 2.05) is 17.5 Å². The zero-order chi connectivity index (χ0) is 18.7. The van der Waals surface area contributed by atoms with E-state index in [0.29, 0.717) is 17.0 Å². The Hall–Kier alpha value is -2.93. The Morgan fingerprint density at radius 1 is 1.19 bits per heavy atom. The van der Waals surface area contributed by atoms with Crippen LogP contribution in [0.2, 0.25) is 0 Å². The van der Waals surface area contributed by atoms with E-state index < -0.39 is 5.97 Å². The van der Waals surface area contributed by atoms with E-state index in [4.69, 9.17) is 9.47 Å². The number of hydrogen-bond acceptors (Lipinski definition) is 6. The van der Waals surface area contributed by atoms with E-state index in [2.05, 4.69) is 4.98 Å². The number of esters is 1. The second-order valence-corrected chi connectivity index (χ2v) is 6.39. The average Bonchev–Trinajstić information content (AvgIpc) is 3.29. The quantitative estimate of drug-likeness (QED) is 0.490. The van der Waals surface area contributed by atoms with Crippen LogP contribution >= 0.6 is 11.3 Å². The SMILES string of the molecule is CCOC(=O)c1nc(C(=O)c2ccc(OC)cc2)c(-c2cccs2)n1C. The summed E-state index contributed by atoms with van der Waals surface area (Å²) in [6, 6.07) is 10.6. The highest BCUT2D eigenvalue weighted by Gasteiger charge is 2.27. The number of carbonyl (C=O) groups is 2. The van der Waals surface area contributed by atoms with Crippen molar-refractivity contribution >= 4 is 23.1 Å². The lowest BCUT2D eigenvalue weighted by Gasteiger charge is -2.05. The minimum Gasteiger partial charge on any atom is -0.497 e. The first kappa shape index (κ1) is 17.9. The van der Waals surface area contributed by atoms with E-state index in [1.165, 1.54) is 11.3 Å². The molecule has 2 heterocycles. The Morgan fingerprint density at radius 3 is 2.50 bits per heavy atom. The van der Waals surface area contributed by atoms with Gasteiger partial charge >= 0.3 is 5.97 Å². The third-order valence-corrected chi connectivity index (χ3v) is 4.75. The van der Waals surface area contributed by atoms with Gasteiger partial charge in [-0.15, -0.1) is 11.3 Å². The van der Waals surface area contributed by atoms with Gasteiger partial charge in [0.15, 0.2) is 0 Å². The Kier molecular flexibility index (Phi) is 5.18. The van der Waals surface area contributed by atoms with Crippen molar-refractivity contribution in [1.82, 2.24) is 9.55 Å². The van der Waals surface area contributed by atoms with Gasteiger partial charge in [0.25, 0.3) is 0 Å². The summed E-state index contributed by atoms with van der Waals surface area (Å²) in [5.41, 5.74) is 1.30. The number of imidazole rings is 1. The molecule has 0 aliphatic heterocycles. The van der Waals surface area contributed by atoms with Crippen molar-refractivity contribution in [2.75, 3.05) is 13.7 Å². The van der Waals surface area contributed by atoms with Crippen LogP contribution in [0, 0.1) is 0 Å². The second kappa shape index (κ2) is 7.53. The molecule has 7 heteroatoms. The molecule has 0 amide bonds. The average molecular weight is 370 g/mol. The van der Waals surface area contributed by atoms with Crippen molar-refractivity contribution in [1.29, 1.82) is 0 Å². The number of ketones is 1. The zero-order valence-electron chi connectivity index (χ0n) is 14.7. The van der Waals surface area contributed by atoms with Crippen LogP contribution < -0.4 is 4.74 Å². The van der Waals surface area contributed by atoms with Gasteiger partial charge in [-0.1, -0.05) is 6.07 Å². The highest BCUT2D eigenvalue weighted by atomic mass is 32.1. The Morgan fingerprint density at radius 2 is 1.92 bits per heavy atom. The van der Waals surface area contributed by atoms with Crippen LogP contribution in [0.3, 0.4) is 0 Å². The van der Waals surface area contributed by atoms with E-state index in [9.17, 15) is 9.59 Å². The number of rotatable bonds is 6. The molecule has 3 aromatic rings. The number of thiophene rings is 1. The molecule has 2 aromatic heterocycles. The summed E-state index contributed by atoms with van der Waals surface area (Å²) in [6.45, 7) is 1.96. The van der Waals surface area contributed by atoms with Gasteiger partial charge in [-0.3, -0.25) is 4.79 Å². The largest absolute Gasteiger partial charge is 0.497 e. The number of nitrogens with zero attached hydrogens (tertiary/aromatic N) is 2. The van der Waals surface area contributed by atoms with Crippen LogP contribution in [-0.4, -0.2) is 35.0 Å². The molecule has 0 fully saturated rings. The molecule has 3 rings (SSSR count). The van der Waals surface area contributed by atoms with E-state index >= 15 is 0 Å². The minimum absolute atomic E-state index is 0.104. The molecule has 0 atom stereocenters. The van der Waals surface area contributed by atoms with Crippen molar-refractivity contribution in [2.45, 2.75) is 6.92 Å². The lowest BCUT2D eigenvalue weighted by atomic mass is 10.1. The smallest absolute Gasteiger partial charge is 0.374 e. The molecule has 0 N–H and O–H groups in total. The third kappa shape index (κ3) is 3.25. The molecular formula is C19H18N2O4S. The van der Waals surface area contributed by atoms with Gasteiger partial charge in [0, 0.05) is 12.6 Å². The van der Waals surface area contributed by atoms with Crippen molar-refractivity contribution < 1.29 is 19.1 Å². The molecule has 0 aliphatic rings. The molecule has 26 heavy (non-hydrogen) atoms. The van der Waals surface area contributed by atoms with Crippen LogP contribution in [0.5, 0.6) is 5.75 Å². The first-order valence-corrected chi connectivity index (χ1v) is 8.91. The number of methoxy groups -OCH3 is 1. The molecule has 0 unspecified atom stereocenters. The predicted molar refractivity (Wildman–Crippen MR) is 98.9 cm³/mol. The fourth-order valence-corrected chi connectivity index (χ4v) is 3.42. The Balaban J connectivity index is 2.11. The third-order valence-electron chi connectivity index (χ3n) is 3.87. The van der Waals surface area contributed by atoms with Gasteiger partial charge in [0.1, 0.15) is 11.4 Å². The summed E-state index contributed by atoms with van der Waals surface area (Å²) < 4.78 is 11.8. The standard InChI is InChI=1S/C19H18N2O4S/c1-4-25-19(23)18-20-15(16(21(18)2)14-6-5-11-26-14)17(22)12-7-9-13(24-3)10-8-12/h5-11H,4H2,1-3H3. The Labute approximate surface area is 155 Å². The lowest BCUT2D eigenvalue weighted by Crippen LogP contribution is -2.11. The molecule has 0 saturated carbocycles. The fraction of sp³-hybridized carbons (Fsp3) is 0.211. The molecule has 0 saturated heterocycles. The van der Waals surface area contributed by atoms with E-state index in [-0.39, 0.29) is 23.9 Å². The summed E-state index contributed by atoms with van der Waals surface area (Å²) in [4.78, 5) is 30.4. The molecular weight excluding hydrogens is 352 g/mol. The van der Waals surface area contributed by atoms with E-state index in [0.717, 1.165) is 4.88 Å². The fourth-order valence-electron chi connectivity index (χ4n) is 2.61. The summed E-state index contributed by atoms with van der Waals surface area (Å²) in [5.74, 6) is -0.0517. The monoisotopic (exact) mass is 370 g/mol. The maximum absolute atomic E-state index is 13.0. The van der Waals surface area contributed by atoms with Crippen LogP contribution in [0.25, 0.3) is 10.6 Å². The summed E-state index contributed by atoms with van der Waals surface area (Å²) in [7, 11) is 3.27. The number of hydrogen-bond donors (Lipinski definition) is 0. The molecule has 134 valence electrons. The molecule has 0 bridgehead atoms. The summed E-state index contributed by atoms with van der Waals surface area (Å²) in [6.07, 6.45) is 0. The summed E-state index contributed by atoms with van der Waals surface area (Å²) in [5, 5.41) is 1.91. The van der Waals surface area contributed by atoms with Crippen molar-refractivity contribution in [2.24, 2.45) is 7.05 Å². The maximum atomic E-state index is 13.0. The molecule has 0 aliphatic carbocycles. The van der Waals surface area contributed by atoms with Crippen molar-refractivity contribution in [3.8, 4) is 16.3 Å². The van der Waals surface area contributed by atoms with E-state index in [1.54, 1.807) is 49.9 Å². The van der Waals surface area contributed by atoms with Crippen LogP contribution in [0.15, 0.2) is 41.8 Å². The van der Waals surface area contributed by atoms with Gasteiger partial charge in [-0.05, 0) is 42.6 Å². The van der Waals surface area contributed by atoms with Crippen molar-refractivity contribution in [3.05, 3.63) is 58.9 Å². The lowest BCUT2D eigenvalue weighted by molar-refractivity contribution is 0.0508. The maximum Gasteiger partial charge on any atom is 0.374 e. The number of carbonyl (C=O) groups excluding carboxylic acids is 2.